The molecule has 0 aromatic rings. The van der Waals surface area contributed by atoms with E-state index >= 15 is 0 Å². The molecule has 6 heteroatoms. The Morgan fingerprint density at radius 2 is 0.554 bits per heavy atom. The molecule has 0 spiro atoms. The van der Waals surface area contributed by atoms with E-state index in [1.54, 1.807) is 0 Å². The number of carbonyl (C=O) groups is 3. The standard InChI is InChI=1S/C68H118O6/c1-4-7-10-13-16-19-22-24-26-28-30-31-32-33-34-35-36-37-39-40-42-44-46-49-52-55-58-61-67(70)73-64-65(63-72-66(69)60-57-54-51-48-21-18-15-12-9-6-3)74-68(71)62-59-56-53-50-47-45-43-41-38-29-27-25-23-20-17-14-11-8-5-2/h8,11-12,15,17,20,22,24-25,27-28,30,38,41,65H,4-7,9-10,13-14,16,18-19,21,23,26,29,31-37,39-40,42-64H2,1-3H3/b11-8-,15-12-,20-17-,24-22-,27-25-,30-28-,41-38-. The van der Waals surface area contributed by atoms with E-state index in [1.165, 1.54) is 154 Å². The highest BCUT2D eigenvalue weighted by Gasteiger charge is 2.19. The van der Waals surface area contributed by atoms with E-state index in [9.17, 15) is 14.4 Å². The molecule has 0 aliphatic carbocycles. The SMILES string of the molecule is CC/C=C\C/C=C\C/C=C\C/C=C\CCCCCCCCC(=O)OC(COC(=O)CCCCCCC/C=C\CCC)COC(=O)CCCCCCCCCCCCCCCCC/C=C\C/C=C\CCCCCCC. The van der Waals surface area contributed by atoms with Gasteiger partial charge in [0.1, 0.15) is 13.2 Å². The molecule has 0 aliphatic heterocycles. The Labute approximate surface area is 458 Å². The van der Waals surface area contributed by atoms with Gasteiger partial charge in [0, 0.05) is 19.3 Å². The summed E-state index contributed by atoms with van der Waals surface area (Å²) in [6.07, 6.45) is 81.7. The first-order chi connectivity index (χ1) is 36.5. The van der Waals surface area contributed by atoms with Gasteiger partial charge in [-0.2, -0.15) is 0 Å². The predicted octanol–water partition coefficient (Wildman–Crippen LogP) is 21.5. The normalized spacial score (nSPS) is 12.6. The first-order valence-electron chi connectivity index (χ1n) is 31.6. The Kier molecular flexibility index (Phi) is 59.3. The molecule has 0 saturated carbocycles. The highest BCUT2D eigenvalue weighted by atomic mass is 16.6. The fourth-order valence-corrected chi connectivity index (χ4v) is 8.88. The smallest absolute Gasteiger partial charge is 0.306 e. The van der Waals surface area contributed by atoms with Gasteiger partial charge in [0.15, 0.2) is 6.10 Å². The lowest BCUT2D eigenvalue weighted by molar-refractivity contribution is -0.167. The van der Waals surface area contributed by atoms with Gasteiger partial charge in [0.05, 0.1) is 0 Å². The third-order valence-electron chi connectivity index (χ3n) is 13.6. The second kappa shape index (κ2) is 62.1. The van der Waals surface area contributed by atoms with Crippen molar-refractivity contribution in [2.75, 3.05) is 13.2 Å². The zero-order valence-corrected chi connectivity index (χ0v) is 48.8. The summed E-state index contributed by atoms with van der Waals surface area (Å²) in [5.41, 5.74) is 0. The van der Waals surface area contributed by atoms with Crippen LogP contribution in [0, 0.1) is 0 Å². The summed E-state index contributed by atoms with van der Waals surface area (Å²) in [5.74, 6) is -0.900. The number of carbonyl (C=O) groups excluding carboxylic acids is 3. The van der Waals surface area contributed by atoms with Crippen molar-refractivity contribution in [3.05, 3.63) is 85.1 Å². The summed E-state index contributed by atoms with van der Waals surface area (Å²) in [6, 6.07) is 0. The Balaban J connectivity index is 4.22. The number of ether oxygens (including phenoxy) is 3. The molecule has 74 heavy (non-hydrogen) atoms. The Bertz CT molecular complexity index is 1420. The zero-order chi connectivity index (χ0) is 53.6. The van der Waals surface area contributed by atoms with Gasteiger partial charge in [-0.25, -0.2) is 0 Å². The molecule has 0 heterocycles. The van der Waals surface area contributed by atoms with E-state index in [2.05, 4.69) is 106 Å². The van der Waals surface area contributed by atoms with Crippen molar-refractivity contribution < 1.29 is 28.6 Å². The Hall–Kier alpha value is -3.41. The van der Waals surface area contributed by atoms with Crippen molar-refractivity contribution >= 4 is 17.9 Å². The van der Waals surface area contributed by atoms with Crippen LogP contribution in [-0.4, -0.2) is 37.2 Å². The van der Waals surface area contributed by atoms with Gasteiger partial charge >= 0.3 is 17.9 Å². The summed E-state index contributed by atoms with van der Waals surface area (Å²) in [7, 11) is 0. The van der Waals surface area contributed by atoms with Gasteiger partial charge < -0.3 is 14.2 Å². The van der Waals surface area contributed by atoms with Crippen LogP contribution in [-0.2, 0) is 28.6 Å². The molecule has 0 fully saturated rings. The predicted molar refractivity (Wildman–Crippen MR) is 321 cm³/mol. The summed E-state index contributed by atoms with van der Waals surface area (Å²) >= 11 is 0. The Morgan fingerprint density at radius 3 is 0.892 bits per heavy atom. The molecule has 0 amide bonds. The third-order valence-corrected chi connectivity index (χ3v) is 13.6. The molecule has 0 aliphatic rings. The summed E-state index contributed by atoms with van der Waals surface area (Å²) < 4.78 is 16.9. The largest absolute Gasteiger partial charge is 0.462 e. The lowest BCUT2D eigenvalue weighted by atomic mass is 10.0. The van der Waals surface area contributed by atoms with Crippen molar-refractivity contribution in [1.29, 1.82) is 0 Å². The molecule has 6 nitrogen and oxygen atoms in total. The minimum absolute atomic E-state index is 0.0839. The van der Waals surface area contributed by atoms with E-state index in [-0.39, 0.29) is 31.1 Å². The summed E-state index contributed by atoms with van der Waals surface area (Å²) in [6.45, 7) is 6.46. The van der Waals surface area contributed by atoms with Crippen LogP contribution in [0.5, 0.6) is 0 Å². The van der Waals surface area contributed by atoms with Crippen LogP contribution in [0.2, 0.25) is 0 Å². The molecule has 0 saturated heterocycles. The van der Waals surface area contributed by atoms with Crippen LogP contribution in [0.25, 0.3) is 0 Å². The molecule has 426 valence electrons. The third kappa shape index (κ3) is 59.5. The zero-order valence-electron chi connectivity index (χ0n) is 48.8. The van der Waals surface area contributed by atoms with Crippen molar-refractivity contribution in [2.24, 2.45) is 0 Å². The number of unbranched alkanes of at least 4 members (excludes halogenated alkanes) is 32. The molecule has 0 N–H and O–H groups in total. The van der Waals surface area contributed by atoms with Crippen molar-refractivity contribution in [1.82, 2.24) is 0 Å². The number of hydrogen-bond donors (Lipinski definition) is 0. The van der Waals surface area contributed by atoms with Gasteiger partial charge in [-0.1, -0.05) is 266 Å². The van der Waals surface area contributed by atoms with Crippen LogP contribution in [0.1, 0.15) is 310 Å². The topological polar surface area (TPSA) is 78.9 Å². The molecular formula is C68H118O6. The molecule has 0 radical (unpaired) electrons. The molecular weight excluding hydrogens is 913 g/mol. The molecule has 0 aromatic heterocycles. The van der Waals surface area contributed by atoms with Gasteiger partial charge in [-0.3, -0.25) is 14.4 Å². The van der Waals surface area contributed by atoms with Gasteiger partial charge in [0.25, 0.3) is 0 Å². The molecule has 1 atom stereocenters. The first-order valence-corrected chi connectivity index (χ1v) is 31.6. The maximum absolute atomic E-state index is 12.9. The minimum atomic E-state index is -0.787. The van der Waals surface area contributed by atoms with Crippen molar-refractivity contribution in [3.63, 3.8) is 0 Å². The molecule has 0 aromatic carbocycles. The lowest BCUT2D eigenvalue weighted by Crippen LogP contribution is -2.30. The maximum Gasteiger partial charge on any atom is 0.306 e. The van der Waals surface area contributed by atoms with Crippen LogP contribution >= 0.6 is 0 Å². The van der Waals surface area contributed by atoms with Crippen molar-refractivity contribution in [2.45, 2.75) is 316 Å². The number of hydrogen-bond acceptors (Lipinski definition) is 6. The van der Waals surface area contributed by atoms with E-state index < -0.39 is 6.10 Å². The summed E-state index contributed by atoms with van der Waals surface area (Å²) in [5, 5.41) is 0. The second-order valence-electron chi connectivity index (χ2n) is 20.9. The minimum Gasteiger partial charge on any atom is -0.462 e. The molecule has 0 rings (SSSR count). The fraction of sp³-hybridized carbons (Fsp3) is 0.750. The monoisotopic (exact) mass is 1030 g/mol. The van der Waals surface area contributed by atoms with E-state index in [0.717, 1.165) is 116 Å². The van der Waals surface area contributed by atoms with Crippen molar-refractivity contribution in [3.8, 4) is 0 Å². The van der Waals surface area contributed by atoms with Gasteiger partial charge in [-0.15, -0.1) is 0 Å². The number of allylic oxidation sites excluding steroid dienone is 14. The highest BCUT2D eigenvalue weighted by molar-refractivity contribution is 5.71. The van der Waals surface area contributed by atoms with E-state index in [4.69, 9.17) is 14.2 Å². The van der Waals surface area contributed by atoms with E-state index in [0.29, 0.717) is 19.3 Å². The van der Waals surface area contributed by atoms with Crippen LogP contribution in [0.15, 0.2) is 85.1 Å². The number of esters is 3. The average Bonchev–Trinajstić information content (AvgIpc) is 3.40. The fourth-order valence-electron chi connectivity index (χ4n) is 8.88. The van der Waals surface area contributed by atoms with Crippen LogP contribution in [0.3, 0.4) is 0 Å². The maximum atomic E-state index is 12.9. The van der Waals surface area contributed by atoms with Crippen LogP contribution < -0.4 is 0 Å². The second-order valence-corrected chi connectivity index (χ2v) is 20.9. The lowest BCUT2D eigenvalue weighted by Gasteiger charge is -2.18. The van der Waals surface area contributed by atoms with Crippen LogP contribution in [0.4, 0.5) is 0 Å². The molecule has 1 unspecified atom stereocenters. The summed E-state index contributed by atoms with van der Waals surface area (Å²) in [4.78, 5) is 38.2. The quantitative estimate of drug-likeness (QED) is 0.0261. The first kappa shape index (κ1) is 70.6. The Morgan fingerprint density at radius 1 is 0.284 bits per heavy atom. The average molecular weight is 1030 g/mol. The van der Waals surface area contributed by atoms with Gasteiger partial charge in [-0.05, 0) is 109 Å². The van der Waals surface area contributed by atoms with E-state index in [1.807, 2.05) is 0 Å². The van der Waals surface area contributed by atoms with Gasteiger partial charge in [0.2, 0.25) is 0 Å². The number of rotatable bonds is 57. The molecule has 0 bridgehead atoms. The highest BCUT2D eigenvalue weighted by Crippen LogP contribution is 2.16.